The molecule has 2 aromatic carbocycles. The van der Waals surface area contributed by atoms with Crippen LogP contribution < -0.4 is 4.90 Å². The van der Waals surface area contributed by atoms with Crippen LogP contribution in [0.4, 0.5) is 10.8 Å². The first kappa shape index (κ1) is 27.1. The van der Waals surface area contributed by atoms with Gasteiger partial charge in [-0.1, -0.05) is 49.4 Å². The molecule has 1 aliphatic heterocycles. The van der Waals surface area contributed by atoms with Crippen molar-refractivity contribution in [1.82, 2.24) is 9.29 Å². The van der Waals surface area contributed by atoms with Crippen molar-refractivity contribution < 1.29 is 23.2 Å². The molecule has 0 bridgehead atoms. The Hall–Kier alpha value is -2.90. The fourth-order valence-electron chi connectivity index (χ4n) is 4.81. The van der Waals surface area contributed by atoms with Crippen LogP contribution in [0.2, 0.25) is 0 Å². The van der Waals surface area contributed by atoms with Crippen molar-refractivity contribution in [2.75, 3.05) is 38.3 Å². The number of para-hydroxylation sites is 1. The molecular formula is C25H30N4O6S2. The molecule has 2 heterocycles. The monoisotopic (exact) mass is 546 g/mol. The van der Waals surface area contributed by atoms with Gasteiger partial charge in [-0.25, -0.2) is 13.4 Å². The summed E-state index contributed by atoms with van der Waals surface area (Å²) in [4.78, 5) is 17.3. The molecule has 3 atom stereocenters. The van der Waals surface area contributed by atoms with Crippen LogP contribution in [-0.4, -0.2) is 73.2 Å². The first-order valence-electron chi connectivity index (χ1n) is 11.9. The average molecular weight is 547 g/mol. The number of ether oxygens (including phenoxy) is 1. The van der Waals surface area contributed by atoms with Gasteiger partial charge in [0.2, 0.25) is 10.0 Å². The minimum absolute atomic E-state index is 0.0125. The average Bonchev–Trinajstić information content (AvgIpc) is 3.36. The highest BCUT2D eigenvalue weighted by Gasteiger charge is 2.51. The van der Waals surface area contributed by atoms with Crippen molar-refractivity contribution in [2.45, 2.75) is 36.2 Å². The normalized spacial score (nSPS) is 19.7. The SMILES string of the molecule is CCc1csc(N2[C@H](CN(CCOC)S(=O)(=O)c3ccccc3[N+](=O)[O-])[C@H](c3ccccc3)[C@@H]2CO)n1. The zero-order valence-electron chi connectivity index (χ0n) is 20.6. The van der Waals surface area contributed by atoms with Gasteiger partial charge in [0, 0.05) is 37.6 Å². The Morgan fingerprint density at radius 1 is 1.16 bits per heavy atom. The minimum Gasteiger partial charge on any atom is -0.394 e. The number of hydrogen-bond acceptors (Lipinski definition) is 9. The molecule has 0 radical (unpaired) electrons. The van der Waals surface area contributed by atoms with Gasteiger partial charge < -0.3 is 14.7 Å². The Bertz CT molecular complexity index is 1320. The van der Waals surface area contributed by atoms with Crippen molar-refractivity contribution in [1.29, 1.82) is 0 Å². The molecule has 10 nitrogen and oxygen atoms in total. The maximum atomic E-state index is 13.8. The van der Waals surface area contributed by atoms with Crippen LogP contribution in [0.1, 0.15) is 24.1 Å². The Balaban J connectivity index is 1.76. The molecule has 0 unspecified atom stereocenters. The van der Waals surface area contributed by atoms with Crippen molar-refractivity contribution in [3.63, 3.8) is 0 Å². The van der Waals surface area contributed by atoms with Crippen LogP contribution in [0.5, 0.6) is 0 Å². The number of nitro benzene ring substituents is 1. The summed E-state index contributed by atoms with van der Waals surface area (Å²) in [6.45, 7) is 2.04. The van der Waals surface area contributed by atoms with Crippen LogP contribution in [-0.2, 0) is 21.2 Å². The van der Waals surface area contributed by atoms with E-state index in [0.717, 1.165) is 17.7 Å². The first-order chi connectivity index (χ1) is 17.8. The van der Waals surface area contributed by atoms with Crippen LogP contribution in [0.3, 0.4) is 0 Å². The summed E-state index contributed by atoms with van der Waals surface area (Å²) in [6.07, 6.45) is 0.757. The summed E-state index contributed by atoms with van der Waals surface area (Å²) >= 11 is 1.46. The van der Waals surface area contributed by atoms with E-state index in [1.807, 2.05) is 47.5 Å². The highest BCUT2D eigenvalue weighted by Crippen LogP contribution is 2.45. The zero-order valence-corrected chi connectivity index (χ0v) is 22.3. The highest BCUT2D eigenvalue weighted by molar-refractivity contribution is 7.89. The second-order valence-corrected chi connectivity index (χ2v) is 11.5. The van der Waals surface area contributed by atoms with E-state index in [1.165, 1.54) is 47.0 Å². The molecule has 198 valence electrons. The summed E-state index contributed by atoms with van der Waals surface area (Å²) in [5.41, 5.74) is 1.42. The predicted molar refractivity (Wildman–Crippen MR) is 142 cm³/mol. The largest absolute Gasteiger partial charge is 0.394 e. The standard InChI is InChI=1S/C25H30N4O6S2/c1-3-19-17-36-25(26-19)28-21(24(22(28)16-30)18-9-5-4-6-10-18)15-27(13-14-35-2)37(33,34)23-12-8-7-11-20(23)29(31)32/h4-12,17,21-22,24,30H,3,13-16H2,1-2H3/t21-,22+,24+/m1/s1. The van der Waals surface area contributed by atoms with Gasteiger partial charge >= 0.3 is 0 Å². The lowest BCUT2D eigenvalue weighted by Crippen LogP contribution is -2.67. The lowest BCUT2D eigenvalue weighted by molar-refractivity contribution is -0.387. The molecule has 0 saturated carbocycles. The van der Waals surface area contributed by atoms with Gasteiger partial charge in [0.15, 0.2) is 10.0 Å². The molecule has 1 aromatic heterocycles. The van der Waals surface area contributed by atoms with Crippen LogP contribution in [0, 0.1) is 10.1 Å². The second-order valence-electron chi connectivity index (χ2n) is 8.72. The number of nitro groups is 1. The van der Waals surface area contributed by atoms with Crippen molar-refractivity contribution in [2.24, 2.45) is 0 Å². The van der Waals surface area contributed by atoms with Crippen molar-refractivity contribution in [3.8, 4) is 0 Å². The number of aryl methyl sites for hydroxylation is 1. The number of anilines is 1. The fourth-order valence-corrected chi connectivity index (χ4v) is 7.43. The zero-order chi connectivity index (χ0) is 26.6. The maximum absolute atomic E-state index is 13.8. The number of benzene rings is 2. The number of aromatic nitrogens is 1. The number of sulfonamides is 1. The Morgan fingerprint density at radius 2 is 1.86 bits per heavy atom. The van der Waals surface area contributed by atoms with Crippen LogP contribution in [0.15, 0.2) is 64.9 Å². The lowest BCUT2D eigenvalue weighted by Gasteiger charge is -2.56. The number of rotatable bonds is 12. The number of aliphatic hydroxyl groups is 1. The van der Waals surface area contributed by atoms with Gasteiger partial charge in [0.05, 0.1) is 35.9 Å². The molecule has 37 heavy (non-hydrogen) atoms. The number of hydrogen-bond donors (Lipinski definition) is 1. The molecule has 1 N–H and O–H groups in total. The van der Waals surface area contributed by atoms with E-state index in [2.05, 4.69) is 0 Å². The van der Waals surface area contributed by atoms with E-state index in [4.69, 9.17) is 9.72 Å². The van der Waals surface area contributed by atoms with E-state index in [1.54, 1.807) is 0 Å². The summed E-state index contributed by atoms with van der Waals surface area (Å²) < 4.78 is 34.1. The molecule has 3 aromatic rings. The van der Waals surface area contributed by atoms with Gasteiger partial charge in [-0.3, -0.25) is 10.1 Å². The molecular weight excluding hydrogens is 516 g/mol. The Labute approximate surface area is 220 Å². The van der Waals surface area contributed by atoms with E-state index in [9.17, 15) is 23.6 Å². The molecule has 0 aliphatic carbocycles. The summed E-state index contributed by atoms with van der Waals surface area (Å²) in [5.74, 6) is -0.175. The topological polar surface area (TPSA) is 126 Å². The summed E-state index contributed by atoms with van der Waals surface area (Å²) in [7, 11) is -2.78. The second kappa shape index (κ2) is 11.7. The van der Waals surface area contributed by atoms with Gasteiger partial charge in [0.25, 0.3) is 5.69 Å². The fraction of sp³-hybridized carbons (Fsp3) is 0.400. The van der Waals surface area contributed by atoms with Gasteiger partial charge in [0.1, 0.15) is 0 Å². The smallest absolute Gasteiger partial charge is 0.289 e. The van der Waals surface area contributed by atoms with Gasteiger partial charge in [-0.2, -0.15) is 4.31 Å². The summed E-state index contributed by atoms with van der Waals surface area (Å²) in [6, 6.07) is 14.4. The predicted octanol–water partition coefficient (Wildman–Crippen LogP) is 3.28. The number of nitrogens with zero attached hydrogens (tertiary/aromatic N) is 4. The van der Waals surface area contributed by atoms with Crippen molar-refractivity contribution >= 4 is 32.2 Å². The number of methoxy groups -OCH3 is 1. The Morgan fingerprint density at radius 3 is 2.49 bits per heavy atom. The maximum Gasteiger partial charge on any atom is 0.289 e. The molecule has 0 spiro atoms. The third-order valence-electron chi connectivity index (χ3n) is 6.65. The van der Waals surface area contributed by atoms with E-state index in [0.29, 0.717) is 5.13 Å². The quantitative estimate of drug-likeness (QED) is 0.271. The first-order valence-corrected chi connectivity index (χ1v) is 14.3. The molecule has 12 heteroatoms. The van der Waals surface area contributed by atoms with Gasteiger partial charge in [-0.05, 0) is 18.1 Å². The number of thiazole rings is 1. The highest BCUT2D eigenvalue weighted by atomic mass is 32.2. The molecule has 1 fully saturated rings. The summed E-state index contributed by atoms with van der Waals surface area (Å²) in [5, 5.41) is 24.7. The number of aliphatic hydroxyl groups excluding tert-OH is 1. The third kappa shape index (κ3) is 5.39. The molecule has 0 amide bonds. The molecule has 1 aliphatic rings. The van der Waals surface area contributed by atoms with E-state index >= 15 is 0 Å². The van der Waals surface area contributed by atoms with E-state index in [-0.39, 0.29) is 49.2 Å². The van der Waals surface area contributed by atoms with Gasteiger partial charge in [-0.15, -0.1) is 11.3 Å². The molecule has 4 rings (SSSR count). The van der Waals surface area contributed by atoms with Crippen LogP contribution >= 0.6 is 11.3 Å². The van der Waals surface area contributed by atoms with Crippen LogP contribution in [0.25, 0.3) is 0 Å². The lowest BCUT2D eigenvalue weighted by atomic mass is 9.75. The van der Waals surface area contributed by atoms with Crippen molar-refractivity contribution in [3.05, 3.63) is 81.3 Å². The third-order valence-corrected chi connectivity index (χ3v) is 9.47. The van der Waals surface area contributed by atoms with E-state index < -0.39 is 20.6 Å². The Kier molecular flexibility index (Phi) is 8.55. The minimum atomic E-state index is -4.25. The molecule has 1 saturated heterocycles.